The molecule has 5 heteroatoms. The van der Waals surface area contributed by atoms with Gasteiger partial charge in [-0.25, -0.2) is 4.39 Å². The largest absolute Gasteiger partial charge is 0.357 e. The maximum Gasteiger partial charge on any atom is 0.191 e. The van der Waals surface area contributed by atoms with E-state index in [9.17, 15) is 4.39 Å². The van der Waals surface area contributed by atoms with Gasteiger partial charge >= 0.3 is 0 Å². The second kappa shape index (κ2) is 8.72. The third kappa shape index (κ3) is 5.79. The van der Waals surface area contributed by atoms with Crippen LogP contribution >= 0.6 is 11.8 Å². The molecule has 0 unspecified atom stereocenters. The monoisotopic (exact) mass is 307 g/mol. The van der Waals surface area contributed by atoms with E-state index < -0.39 is 0 Å². The van der Waals surface area contributed by atoms with Crippen LogP contribution in [0.2, 0.25) is 0 Å². The van der Waals surface area contributed by atoms with Crippen molar-refractivity contribution in [1.82, 2.24) is 10.6 Å². The van der Waals surface area contributed by atoms with Crippen LogP contribution in [0.3, 0.4) is 0 Å². The summed E-state index contributed by atoms with van der Waals surface area (Å²) >= 11 is 1.69. The predicted molar refractivity (Wildman–Crippen MR) is 88.4 cm³/mol. The molecule has 0 bridgehead atoms. The Morgan fingerprint density at radius 1 is 1.29 bits per heavy atom. The van der Waals surface area contributed by atoms with Crippen molar-refractivity contribution < 1.29 is 4.39 Å². The van der Waals surface area contributed by atoms with Crippen LogP contribution in [-0.2, 0) is 0 Å². The minimum Gasteiger partial charge on any atom is -0.357 e. The molecule has 21 heavy (non-hydrogen) atoms. The molecule has 0 aromatic heterocycles. The number of benzene rings is 1. The van der Waals surface area contributed by atoms with E-state index in [1.54, 1.807) is 23.9 Å². The molecule has 114 valence electrons. The number of thioether (sulfide) groups is 1. The van der Waals surface area contributed by atoms with Gasteiger partial charge in [0.2, 0.25) is 0 Å². The minimum absolute atomic E-state index is 0.193. The number of nitrogens with zero attached hydrogens (tertiary/aromatic N) is 1. The fourth-order valence-electron chi connectivity index (χ4n) is 2.10. The number of rotatable bonds is 6. The second-order valence-electron chi connectivity index (χ2n) is 4.85. The lowest BCUT2D eigenvalue weighted by atomic mass is 10.2. The van der Waals surface area contributed by atoms with Gasteiger partial charge in [-0.15, -0.1) is 11.8 Å². The van der Waals surface area contributed by atoms with Crippen LogP contribution in [0, 0.1) is 5.82 Å². The number of nitrogens with one attached hydrogen (secondary N) is 2. The Morgan fingerprint density at radius 3 is 2.67 bits per heavy atom. The zero-order valence-electron chi connectivity index (χ0n) is 12.3. The summed E-state index contributed by atoms with van der Waals surface area (Å²) in [5.41, 5.74) is 0. The Hall–Kier alpha value is -1.49. The van der Waals surface area contributed by atoms with Crippen LogP contribution in [0.1, 0.15) is 19.8 Å². The third-order valence-corrected chi connectivity index (χ3v) is 4.13. The van der Waals surface area contributed by atoms with E-state index in [1.165, 1.54) is 12.1 Å². The number of halogens is 1. The lowest BCUT2D eigenvalue weighted by Crippen LogP contribution is -2.42. The maximum atomic E-state index is 12.8. The van der Waals surface area contributed by atoms with Crippen molar-refractivity contribution in [1.29, 1.82) is 0 Å². The van der Waals surface area contributed by atoms with Gasteiger partial charge in [-0.3, -0.25) is 4.99 Å². The number of guanidine groups is 1. The predicted octanol–water partition coefficient (Wildman–Crippen LogP) is 3.19. The average molecular weight is 307 g/mol. The quantitative estimate of drug-likeness (QED) is 0.279. The molecule has 0 heterocycles. The summed E-state index contributed by atoms with van der Waals surface area (Å²) in [7, 11) is 0. The van der Waals surface area contributed by atoms with Gasteiger partial charge in [0.05, 0.1) is 6.54 Å². The second-order valence-corrected chi connectivity index (χ2v) is 6.02. The van der Waals surface area contributed by atoms with Gasteiger partial charge in [0, 0.05) is 23.2 Å². The Morgan fingerprint density at radius 2 is 2.00 bits per heavy atom. The molecule has 2 rings (SSSR count). The lowest BCUT2D eigenvalue weighted by Gasteiger charge is -2.16. The van der Waals surface area contributed by atoms with Crippen molar-refractivity contribution >= 4 is 17.7 Å². The van der Waals surface area contributed by atoms with E-state index in [-0.39, 0.29) is 5.82 Å². The van der Waals surface area contributed by atoms with Gasteiger partial charge in [0.25, 0.3) is 0 Å². The molecule has 0 saturated carbocycles. The van der Waals surface area contributed by atoms with Crippen molar-refractivity contribution in [3.05, 3.63) is 42.2 Å². The zero-order chi connectivity index (χ0) is 14.9. The molecule has 2 N–H and O–H groups in total. The third-order valence-electron chi connectivity index (χ3n) is 3.14. The minimum atomic E-state index is -0.193. The molecule has 1 aliphatic carbocycles. The molecule has 0 radical (unpaired) electrons. The van der Waals surface area contributed by atoms with Gasteiger partial charge in [0.1, 0.15) is 5.82 Å². The summed E-state index contributed by atoms with van der Waals surface area (Å²) in [4.78, 5) is 5.65. The highest BCUT2D eigenvalue weighted by molar-refractivity contribution is 7.99. The standard InChI is InChI=1S/C16H22FN3S/c1-2-18-16(20-14-5-3-4-6-14)19-11-12-21-15-9-7-13(17)8-10-15/h3-4,7-10,14H,2,5-6,11-12H2,1H3,(H2,18,19,20). The van der Waals surface area contributed by atoms with E-state index in [0.29, 0.717) is 6.04 Å². The molecule has 1 aromatic rings. The van der Waals surface area contributed by atoms with E-state index in [1.807, 2.05) is 0 Å². The Balaban J connectivity index is 1.74. The summed E-state index contributed by atoms with van der Waals surface area (Å²) in [6, 6.07) is 7.05. The molecule has 1 aliphatic rings. The number of aliphatic imine (C=N–C) groups is 1. The van der Waals surface area contributed by atoms with E-state index >= 15 is 0 Å². The van der Waals surface area contributed by atoms with E-state index in [2.05, 4.69) is 34.7 Å². The van der Waals surface area contributed by atoms with Crippen LogP contribution in [-0.4, -0.2) is 30.8 Å². The summed E-state index contributed by atoms with van der Waals surface area (Å²) in [6.07, 6.45) is 6.53. The van der Waals surface area contributed by atoms with Crippen molar-refractivity contribution in [2.24, 2.45) is 4.99 Å². The molecule has 0 saturated heterocycles. The molecule has 0 atom stereocenters. The van der Waals surface area contributed by atoms with Gasteiger partial charge in [-0.05, 0) is 44.0 Å². The fraction of sp³-hybridized carbons (Fsp3) is 0.438. The van der Waals surface area contributed by atoms with Crippen molar-refractivity contribution in [2.75, 3.05) is 18.8 Å². The van der Waals surface area contributed by atoms with Crippen LogP contribution in [0.25, 0.3) is 0 Å². The summed E-state index contributed by atoms with van der Waals surface area (Å²) in [6.45, 7) is 3.66. The van der Waals surface area contributed by atoms with Crippen LogP contribution < -0.4 is 10.6 Å². The molecule has 0 aliphatic heterocycles. The van der Waals surface area contributed by atoms with Gasteiger partial charge < -0.3 is 10.6 Å². The molecule has 1 aromatic carbocycles. The molecule has 0 spiro atoms. The van der Waals surface area contributed by atoms with Crippen molar-refractivity contribution in [2.45, 2.75) is 30.7 Å². The summed E-state index contributed by atoms with van der Waals surface area (Å²) in [5.74, 6) is 1.57. The van der Waals surface area contributed by atoms with Crippen molar-refractivity contribution in [3.8, 4) is 0 Å². The molecular formula is C16H22FN3S. The number of hydrogen-bond donors (Lipinski definition) is 2. The summed E-state index contributed by atoms with van der Waals surface area (Å²) in [5, 5.41) is 6.71. The SMILES string of the molecule is CCNC(=NCCSc1ccc(F)cc1)NC1CC=CC1. The Labute approximate surface area is 130 Å². The zero-order valence-corrected chi connectivity index (χ0v) is 13.1. The van der Waals surface area contributed by atoms with Crippen LogP contribution in [0.15, 0.2) is 46.3 Å². The highest BCUT2D eigenvalue weighted by atomic mass is 32.2. The van der Waals surface area contributed by atoms with Gasteiger partial charge in [-0.2, -0.15) is 0 Å². The average Bonchev–Trinajstić information content (AvgIpc) is 2.98. The maximum absolute atomic E-state index is 12.8. The van der Waals surface area contributed by atoms with Gasteiger partial charge in [-0.1, -0.05) is 12.2 Å². The fourth-order valence-corrected chi connectivity index (χ4v) is 2.85. The van der Waals surface area contributed by atoms with E-state index in [0.717, 1.165) is 42.5 Å². The highest BCUT2D eigenvalue weighted by Gasteiger charge is 2.11. The molecular weight excluding hydrogens is 285 g/mol. The topological polar surface area (TPSA) is 36.4 Å². The van der Waals surface area contributed by atoms with Crippen LogP contribution in [0.4, 0.5) is 4.39 Å². The first-order valence-corrected chi connectivity index (χ1v) is 8.34. The Kier molecular flexibility index (Phi) is 6.60. The normalized spacial score (nSPS) is 15.4. The molecule has 0 fully saturated rings. The number of hydrogen-bond acceptors (Lipinski definition) is 2. The van der Waals surface area contributed by atoms with Crippen molar-refractivity contribution in [3.63, 3.8) is 0 Å². The first-order valence-electron chi connectivity index (χ1n) is 7.36. The van der Waals surface area contributed by atoms with Crippen LogP contribution in [0.5, 0.6) is 0 Å². The lowest BCUT2D eigenvalue weighted by molar-refractivity contribution is 0.626. The smallest absolute Gasteiger partial charge is 0.191 e. The first kappa shape index (κ1) is 15.9. The Bertz CT molecular complexity index is 477. The summed E-state index contributed by atoms with van der Waals surface area (Å²) < 4.78 is 12.8. The highest BCUT2D eigenvalue weighted by Crippen LogP contribution is 2.17. The first-order chi connectivity index (χ1) is 10.3. The molecule has 3 nitrogen and oxygen atoms in total. The van der Waals surface area contributed by atoms with Gasteiger partial charge in [0.15, 0.2) is 5.96 Å². The molecule has 0 amide bonds. The van der Waals surface area contributed by atoms with E-state index in [4.69, 9.17) is 0 Å².